The molecule has 5 heteroatoms. The molecule has 1 aliphatic heterocycles. The fourth-order valence-corrected chi connectivity index (χ4v) is 3.15. The molecule has 2 heterocycles. The van der Waals surface area contributed by atoms with E-state index in [2.05, 4.69) is 29.2 Å². The molecule has 0 amide bonds. The summed E-state index contributed by atoms with van der Waals surface area (Å²) in [6.45, 7) is 5.45. The van der Waals surface area contributed by atoms with E-state index in [1.165, 1.54) is 5.56 Å². The maximum Gasteiger partial charge on any atom is 0.122 e. The third-order valence-corrected chi connectivity index (χ3v) is 4.58. The number of benzene rings is 1. The van der Waals surface area contributed by atoms with Gasteiger partial charge in [-0.2, -0.15) is 5.10 Å². The Balaban J connectivity index is 1.60. The normalized spacial score (nSPS) is 21.7. The topological polar surface area (TPSA) is 39.5 Å². The molecule has 3 rings (SSSR count). The maximum absolute atomic E-state index is 6.05. The summed E-state index contributed by atoms with van der Waals surface area (Å²) in [6, 6.07) is 8.11. The lowest BCUT2D eigenvalue weighted by atomic mass is 10.0. The largest absolute Gasteiger partial charge is 0.490 e. The highest BCUT2D eigenvalue weighted by atomic mass is 16.5. The van der Waals surface area contributed by atoms with Gasteiger partial charge in [0.2, 0.25) is 0 Å². The van der Waals surface area contributed by atoms with Crippen LogP contribution < -0.4 is 4.74 Å². The Kier molecular flexibility index (Phi) is 4.68. The first-order valence-corrected chi connectivity index (χ1v) is 8.04. The maximum atomic E-state index is 6.05. The quantitative estimate of drug-likeness (QED) is 0.820. The van der Waals surface area contributed by atoms with Crippen molar-refractivity contribution in [2.75, 3.05) is 26.8 Å². The summed E-state index contributed by atoms with van der Waals surface area (Å²) in [6.07, 6.45) is 4.98. The van der Waals surface area contributed by atoms with Crippen molar-refractivity contribution in [3.63, 3.8) is 0 Å². The van der Waals surface area contributed by atoms with Crippen LogP contribution in [0.15, 0.2) is 36.7 Å². The predicted molar refractivity (Wildman–Crippen MR) is 89.5 cm³/mol. The van der Waals surface area contributed by atoms with Crippen molar-refractivity contribution in [2.24, 2.45) is 7.05 Å². The number of ether oxygens (including phenoxy) is 2. The lowest BCUT2D eigenvalue weighted by Crippen LogP contribution is -2.41. The number of aromatic nitrogens is 2. The number of nitrogens with zero attached hydrogens (tertiary/aromatic N) is 3. The van der Waals surface area contributed by atoms with E-state index in [9.17, 15) is 0 Å². The van der Waals surface area contributed by atoms with Gasteiger partial charge < -0.3 is 9.47 Å². The molecule has 0 radical (unpaired) electrons. The minimum absolute atomic E-state index is 0.232. The first-order chi connectivity index (χ1) is 11.1. The van der Waals surface area contributed by atoms with Gasteiger partial charge in [0.15, 0.2) is 0 Å². The van der Waals surface area contributed by atoms with Crippen LogP contribution in [0.4, 0.5) is 0 Å². The second-order valence-corrected chi connectivity index (χ2v) is 6.42. The van der Waals surface area contributed by atoms with Crippen molar-refractivity contribution in [2.45, 2.75) is 25.5 Å². The smallest absolute Gasteiger partial charge is 0.122 e. The summed E-state index contributed by atoms with van der Waals surface area (Å²) in [5.41, 5.74) is 2.16. The Morgan fingerprint density at radius 3 is 2.83 bits per heavy atom. The fourth-order valence-electron chi connectivity index (χ4n) is 3.15. The SMILES string of the molecule is COC1(COc2ccccc2C)CCN(Cc2cnn(C)c2)C1. The lowest BCUT2D eigenvalue weighted by molar-refractivity contribution is -0.0360. The van der Waals surface area contributed by atoms with E-state index in [0.717, 1.165) is 37.4 Å². The molecule has 0 N–H and O–H groups in total. The van der Waals surface area contributed by atoms with Gasteiger partial charge in [0.05, 0.1) is 6.20 Å². The predicted octanol–water partition coefficient (Wildman–Crippen LogP) is 2.40. The molecule has 2 aromatic rings. The number of rotatable bonds is 6. The second-order valence-electron chi connectivity index (χ2n) is 6.42. The van der Waals surface area contributed by atoms with Gasteiger partial charge in [-0.05, 0) is 25.0 Å². The molecule has 1 fully saturated rings. The molecule has 0 saturated carbocycles. The number of aryl methyl sites for hydroxylation is 2. The van der Waals surface area contributed by atoms with Crippen LogP contribution >= 0.6 is 0 Å². The molecule has 0 bridgehead atoms. The molecule has 1 atom stereocenters. The third kappa shape index (κ3) is 3.74. The van der Waals surface area contributed by atoms with Crippen LogP contribution in [0.25, 0.3) is 0 Å². The monoisotopic (exact) mass is 315 g/mol. The first-order valence-electron chi connectivity index (χ1n) is 8.04. The standard InChI is InChI=1S/C18H25N3O2/c1-15-6-4-5-7-17(15)23-14-18(22-3)8-9-21(13-18)12-16-10-19-20(2)11-16/h4-7,10-11H,8-9,12-14H2,1-3H3. The number of methoxy groups -OCH3 is 1. The molecule has 1 aromatic carbocycles. The summed E-state index contributed by atoms with van der Waals surface area (Å²) in [5, 5.41) is 4.23. The first kappa shape index (κ1) is 16.0. The number of likely N-dealkylation sites (tertiary alicyclic amines) is 1. The average molecular weight is 315 g/mol. The minimum Gasteiger partial charge on any atom is -0.490 e. The van der Waals surface area contributed by atoms with E-state index in [1.807, 2.05) is 36.1 Å². The highest BCUT2D eigenvalue weighted by Gasteiger charge is 2.39. The lowest BCUT2D eigenvalue weighted by Gasteiger charge is -2.28. The van der Waals surface area contributed by atoms with Gasteiger partial charge in [0.1, 0.15) is 18.0 Å². The van der Waals surface area contributed by atoms with Crippen LogP contribution in [0.3, 0.4) is 0 Å². The molecule has 0 aliphatic carbocycles. The molecule has 1 saturated heterocycles. The van der Waals surface area contributed by atoms with E-state index < -0.39 is 0 Å². The summed E-state index contributed by atoms with van der Waals surface area (Å²) in [5.74, 6) is 0.939. The number of hydrogen-bond donors (Lipinski definition) is 0. The Labute approximate surface area is 137 Å². The molecule has 5 nitrogen and oxygen atoms in total. The second kappa shape index (κ2) is 6.72. The Hall–Kier alpha value is -1.85. The molecule has 124 valence electrons. The van der Waals surface area contributed by atoms with Gasteiger partial charge in [-0.15, -0.1) is 0 Å². The van der Waals surface area contributed by atoms with E-state index in [0.29, 0.717) is 6.61 Å². The van der Waals surface area contributed by atoms with Crippen molar-refractivity contribution in [1.82, 2.24) is 14.7 Å². The molecule has 1 aromatic heterocycles. The summed E-state index contributed by atoms with van der Waals surface area (Å²) >= 11 is 0. The summed E-state index contributed by atoms with van der Waals surface area (Å²) in [7, 11) is 3.73. The zero-order chi connectivity index (χ0) is 16.3. The van der Waals surface area contributed by atoms with Crippen LogP contribution in [-0.2, 0) is 18.3 Å². The van der Waals surface area contributed by atoms with Gasteiger partial charge in [0.25, 0.3) is 0 Å². The Morgan fingerprint density at radius 2 is 2.13 bits per heavy atom. The summed E-state index contributed by atoms with van der Waals surface area (Å²) < 4.78 is 13.7. The Bertz CT molecular complexity index is 655. The van der Waals surface area contributed by atoms with Crippen LogP contribution in [0.1, 0.15) is 17.5 Å². The molecule has 1 aliphatic rings. The number of hydrogen-bond acceptors (Lipinski definition) is 4. The molecule has 0 spiro atoms. The van der Waals surface area contributed by atoms with Crippen LogP contribution in [0, 0.1) is 6.92 Å². The zero-order valence-electron chi connectivity index (χ0n) is 14.2. The van der Waals surface area contributed by atoms with E-state index in [-0.39, 0.29) is 5.60 Å². The van der Waals surface area contributed by atoms with E-state index in [4.69, 9.17) is 9.47 Å². The van der Waals surface area contributed by atoms with E-state index >= 15 is 0 Å². The highest BCUT2D eigenvalue weighted by Crippen LogP contribution is 2.28. The number of para-hydroxylation sites is 1. The third-order valence-electron chi connectivity index (χ3n) is 4.58. The van der Waals surface area contributed by atoms with Crippen molar-refractivity contribution < 1.29 is 9.47 Å². The zero-order valence-corrected chi connectivity index (χ0v) is 14.2. The van der Waals surface area contributed by atoms with E-state index in [1.54, 1.807) is 7.11 Å². The van der Waals surface area contributed by atoms with Gasteiger partial charge in [-0.25, -0.2) is 0 Å². The van der Waals surface area contributed by atoms with Crippen molar-refractivity contribution in [1.29, 1.82) is 0 Å². The van der Waals surface area contributed by atoms with Gasteiger partial charge in [-0.3, -0.25) is 9.58 Å². The molecule has 1 unspecified atom stereocenters. The highest BCUT2D eigenvalue weighted by molar-refractivity contribution is 5.31. The van der Waals surface area contributed by atoms with Crippen LogP contribution in [0.2, 0.25) is 0 Å². The molecular formula is C18H25N3O2. The molecular weight excluding hydrogens is 290 g/mol. The van der Waals surface area contributed by atoms with Gasteiger partial charge in [0, 0.05) is 45.6 Å². The summed E-state index contributed by atoms with van der Waals surface area (Å²) in [4.78, 5) is 2.40. The van der Waals surface area contributed by atoms with Crippen molar-refractivity contribution in [3.8, 4) is 5.75 Å². The van der Waals surface area contributed by atoms with Crippen LogP contribution in [-0.4, -0.2) is 47.1 Å². The van der Waals surface area contributed by atoms with Gasteiger partial charge >= 0.3 is 0 Å². The minimum atomic E-state index is -0.232. The van der Waals surface area contributed by atoms with Crippen molar-refractivity contribution >= 4 is 0 Å². The average Bonchev–Trinajstić information content (AvgIpc) is 3.14. The fraction of sp³-hybridized carbons (Fsp3) is 0.500. The Morgan fingerprint density at radius 1 is 1.30 bits per heavy atom. The van der Waals surface area contributed by atoms with Crippen molar-refractivity contribution in [3.05, 3.63) is 47.8 Å². The van der Waals surface area contributed by atoms with Gasteiger partial charge in [-0.1, -0.05) is 18.2 Å². The molecule has 23 heavy (non-hydrogen) atoms. The van der Waals surface area contributed by atoms with Crippen LogP contribution in [0.5, 0.6) is 5.75 Å².